The number of hydrogen-bond acceptors (Lipinski definition) is 7. The maximum atomic E-state index is 14.8. The number of ether oxygens (including phenoxy) is 1. The number of hydrogen-bond donors (Lipinski definition) is 2. The molecule has 1 atom stereocenters. The SMILES string of the molecule is C#C.CCOc1cc(C(=O)Nc2cc(C(F)(F)F)ccn2)ccc1-c1nc([C@H](CC)CN2CC(F)(F)C3(CC3)C2=O)n2ccnc(N)c12. The number of imidazole rings is 1. The van der Waals surface area contributed by atoms with Crippen molar-refractivity contribution in [2.45, 2.75) is 51.1 Å². The van der Waals surface area contributed by atoms with E-state index in [0.717, 1.165) is 18.3 Å². The fourth-order valence-corrected chi connectivity index (χ4v) is 5.99. The largest absolute Gasteiger partial charge is 0.493 e. The minimum Gasteiger partial charge on any atom is -0.493 e. The number of benzene rings is 1. The third kappa shape index (κ3) is 5.98. The molecule has 3 N–H and O–H groups in total. The molecule has 10 nitrogen and oxygen atoms in total. The fourth-order valence-electron chi connectivity index (χ4n) is 5.99. The average Bonchev–Trinajstić information content (AvgIpc) is 3.76. The van der Waals surface area contributed by atoms with Gasteiger partial charge in [0.1, 0.15) is 39.8 Å². The maximum absolute atomic E-state index is 14.8. The lowest BCUT2D eigenvalue weighted by Crippen LogP contribution is -2.32. The van der Waals surface area contributed by atoms with Gasteiger partial charge in [-0.15, -0.1) is 12.8 Å². The number of likely N-dealkylation sites (tertiary alicyclic amines) is 1. The molecular weight excluding hydrogens is 637 g/mol. The van der Waals surface area contributed by atoms with Gasteiger partial charge in [0.15, 0.2) is 0 Å². The van der Waals surface area contributed by atoms with Gasteiger partial charge in [-0.2, -0.15) is 13.2 Å². The van der Waals surface area contributed by atoms with Crippen LogP contribution in [-0.4, -0.2) is 61.7 Å². The lowest BCUT2D eigenvalue weighted by atomic mass is 10.0. The molecule has 1 aliphatic carbocycles. The molecule has 0 bridgehead atoms. The number of nitrogens with one attached hydrogen (secondary N) is 1. The molecule has 0 unspecified atom stereocenters. The molecule has 6 rings (SSSR count). The molecule has 2 aliphatic rings. The molecule has 2 fully saturated rings. The molecule has 2 amide bonds. The summed E-state index contributed by atoms with van der Waals surface area (Å²) in [5.41, 5.74) is 5.06. The minimum atomic E-state index is -4.61. The summed E-state index contributed by atoms with van der Waals surface area (Å²) in [5.74, 6) is -4.21. The van der Waals surface area contributed by atoms with E-state index in [1.165, 1.54) is 23.2 Å². The molecule has 4 aromatic rings. The van der Waals surface area contributed by atoms with Crippen molar-refractivity contribution in [3.63, 3.8) is 0 Å². The third-order valence-electron chi connectivity index (χ3n) is 8.57. The summed E-state index contributed by atoms with van der Waals surface area (Å²) < 4.78 is 76.5. The molecule has 1 aliphatic heterocycles. The number of fused-ring (bicyclic) bond motifs is 1. The van der Waals surface area contributed by atoms with Gasteiger partial charge in [-0.25, -0.2) is 23.7 Å². The Morgan fingerprint density at radius 1 is 1.12 bits per heavy atom. The highest BCUT2D eigenvalue weighted by molar-refractivity contribution is 6.04. The minimum absolute atomic E-state index is 0.0362. The van der Waals surface area contributed by atoms with E-state index >= 15 is 0 Å². The molecule has 4 heterocycles. The zero-order valence-corrected chi connectivity index (χ0v) is 26.0. The first-order valence-electron chi connectivity index (χ1n) is 15.0. The highest BCUT2D eigenvalue weighted by atomic mass is 19.4. The zero-order chi connectivity index (χ0) is 35.0. The summed E-state index contributed by atoms with van der Waals surface area (Å²) in [6.07, 6.45) is 8.30. The molecular formula is C33H32F5N7O3. The summed E-state index contributed by atoms with van der Waals surface area (Å²) >= 11 is 0. The first-order valence-corrected chi connectivity index (χ1v) is 15.0. The summed E-state index contributed by atoms with van der Waals surface area (Å²) in [6.45, 7) is 3.20. The summed E-state index contributed by atoms with van der Waals surface area (Å²) in [4.78, 5) is 40.2. The number of rotatable bonds is 9. The quantitative estimate of drug-likeness (QED) is 0.164. The van der Waals surface area contributed by atoms with Gasteiger partial charge in [0.2, 0.25) is 5.91 Å². The van der Waals surface area contributed by atoms with Gasteiger partial charge >= 0.3 is 6.18 Å². The third-order valence-corrected chi connectivity index (χ3v) is 8.57. The Morgan fingerprint density at radius 2 is 1.85 bits per heavy atom. The first-order chi connectivity index (χ1) is 22.8. The van der Waals surface area contributed by atoms with Crippen LogP contribution in [0.1, 0.15) is 60.8 Å². The topological polar surface area (TPSA) is 128 Å². The van der Waals surface area contributed by atoms with Crippen LogP contribution in [0.5, 0.6) is 5.75 Å². The van der Waals surface area contributed by atoms with Gasteiger partial charge < -0.3 is 20.7 Å². The van der Waals surface area contributed by atoms with Crippen molar-refractivity contribution in [3.8, 4) is 29.9 Å². The number of halogens is 5. The van der Waals surface area contributed by atoms with Gasteiger partial charge in [0.25, 0.3) is 11.8 Å². The van der Waals surface area contributed by atoms with E-state index in [2.05, 4.69) is 28.1 Å². The fraction of sp³-hybridized carbons (Fsp3) is 0.364. The molecule has 1 saturated carbocycles. The number of nitrogen functional groups attached to an aromatic ring is 1. The van der Waals surface area contributed by atoms with Crippen molar-refractivity contribution in [1.29, 1.82) is 0 Å². The molecule has 252 valence electrons. The predicted molar refractivity (Wildman–Crippen MR) is 167 cm³/mol. The molecule has 15 heteroatoms. The van der Waals surface area contributed by atoms with Gasteiger partial charge in [0, 0.05) is 42.2 Å². The second-order valence-electron chi connectivity index (χ2n) is 11.5. The number of terminal acetylenes is 1. The van der Waals surface area contributed by atoms with Crippen molar-refractivity contribution in [2.75, 3.05) is 30.7 Å². The van der Waals surface area contributed by atoms with Crippen LogP contribution in [0, 0.1) is 18.3 Å². The molecule has 0 radical (unpaired) electrons. The van der Waals surface area contributed by atoms with E-state index in [0.29, 0.717) is 29.0 Å². The number of carbonyl (C=O) groups excluding carboxylic acids is 2. The molecule has 1 spiro atoms. The predicted octanol–water partition coefficient (Wildman–Crippen LogP) is 6.04. The van der Waals surface area contributed by atoms with Crippen LogP contribution in [0.4, 0.5) is 33.6 Å². The maximum Gasteiger partial charge on any atom is 0.416 e. The van der Waals surface area contributed by atoms with Gasteiger partial charge in [0.05, 0.1) is 18.7 Å². The van der Waals surface area contributed by atoms with E-state index in [9.17, 15) is 31.5 Å². The van der Waals surface area contributed by atoms with Gasteiger partial charge in [-0.3, -0.25) is 14.0 Å². The highest BCUT2D eigenvalue weighted by Crippen LogP contribution is 2.61. The normalized spacial score (nSPS) is 16.8. The van der Waals surface area contributed by atoms with Crippen LogP contribution in [0.15, 0.2) is 48.9 Å². The van der Waals surface area contributed by atoms with E-state index in [1.54, 1.807) is 23.6 Å². The Kier molecular flexibility index (Phi) is 9.05. The van der Waals surface area contributed by atoms with Crippen molar-refractivity contribution < 1.29 is 36.3 Å². The average molecular weight is 670 g/mol. The van der Waals surface area contributed by atoms with Crippen molar-refractivity contribution in [2.24, 2.45) is 5.41 Å². The van der Waals surface area contributed by atoms with Crippen LogP contribution in [0.25, 0.3) is 16.8 Å². The Morgan fingerprint density at radius 3 is 2.48 bits per heavy atom. The zero-order valence-electron chi connectivity index (χ0n) is 26.0. The Labute approximate surface area is 272 Å². The van der Waals surface area contributed by atoms with Gasteiger partial charge in [-0.1, -0.05) is 6.92 Å². The molecule has 48 heavy (non-hydrogen) atoms. The van der Waals surface area contributed by atoms with E-state index in [4.69, 9.17) is 15.5 Å². The number of nitrogens with zero attached hydrogens (tertiary/aromatic N) is 5. The second-order valence-corrected chi connectivity index (χ2v) is 11.5. The van der Waals surface area contributed by atoms with Crippen LogP contribution in [-0.2, 0) is 11.0 Å². The number of anilines is 2. The van der Waals surface area contributed by atoms with Crippen LogP contribution in [0.3, 0.4) is 0 Å². The second kappa shape index (κ2) is 12.7. The van der Waals surface area contributed by atoms with E-state index in [1.807, 2.05) is 6.92 Å². The standard InChI is InChI=1S/C31H30F5N7O3.C2H2/c1-3-17(15-42-16-30(32,33)29(8-9-29)28(42)45)26-41-23(24-25(37)39-11-12-43(24)26)20-6-5-18(13-21(20)46-4-2)27(44)40-22-14-19(7-10-38-22)31(34,35)36;1-2/h5-7,10-14,17H,3-4,8-9,15-16H2,1-2H3,(H2,37,39)(H,38,40,44);1-2H/t17-;/m1./s1. The Hall–Kier alpha value is -5.26. The highest BCUT2D eigenvalue weighted by Gasteiger charge is 2.72. The Bertz CT molecular complexity index is 1880. The van der Waals surface area contributed by atoms with Crippen molar-refractivity contribution >= 4 is 29.0 Å². The molecule has 1 saturated heterocycles. The van der Waals surface area contributed by atoms with E-state index in [-0.39, 0.29) is 48.9 Å². The lowest BCUT2D eigenvalue weighted by Gasteiger charge is -2.22. The number of pyridine rings is 1. The van der Waals surface area contributed by atoms with Crippen LogP contribution in [0.2, 0.25) is 0 Å². The molecule has 3 aromatic heterocycles. The summed E-state index contributed by atoms with van der Waals surface area (Å²) in [5, 5.41) is 2.38. The van der Waals surface area contributed by atoms with Crippen LogP contribution < -0.4 is 15.8 Å². The van der Waals surface area contributed by atoms with Gasteiger partial charge in [-0.05, 0) is 56.5 Å². The monoisotopic (exact) mass is 669 g/mol. The summed E-state index contributed by atoms with van der Waals surface area (Å²) in [7, 11) is 0. The smallest absolute Gasteiger partial charge is 0.416 e. The van der Waals surface area contributed by atoms with Crippen molar-refractivity contribution in [1.82, 2.24) is 24.3 Å². The molecule has 1 aromatic carbocycles. The number of nitrogens with two attached hydrogens (primary N) is 1. The number of aromatic nitrogens is 4. The van der Waals surface area contributed by atoms with Crippen molar-refractivity contribution in [3.05, 3.63) is 65.9 Å². The number of carbonyl (C=O) groups is 2. The van der Waals surface area contributed by atoms with E-state index < -0.39 is 47.4 Å². The summed E-state index contributed by atoms with van der Waals surface area (Å²) in [6, 6.07) is 5.98. The number of amides is 2. The number of alkyl halides is 5. The first kappa shape index (κ1) is 34.1. The Balaban J connectivity index is 0.00000221. The van der Waals surface area contributed by atoms with Crippen LogP contribution >= 0.6 is 0 Å². The lowest BCUT2D eigenvalue weighted by molar-refractivity contribution is -0.138.